The molecule has 1 aliphatic rings. The second-order valence-electron chi connectivity index (χ2n) is 5.57. The first-order chi connectivity index (χ1) is 10.3. The largest absolute Gasteiger partial charge is 0.323 e. The standard InChI is InChI=1S/C18H16N2O/c21-18-19-11-17(20-18)14-6-3-5-13(10-14)16-9-8-12-4-1-2-7-15(12)16/h1-7,10-11,16H,8-9H2,(H2,19,20,21). The van der Waals surface area contributed by atoms with E-state index in [1.807, 2.05) is 6.07 Å². The van der Waals surface area contributed by atoms with Crippen LogP contribution in [0.1, 0.15) is 29.0 Å². The van der Waals surface area contributed by atoms with Crippen LogP contribution in [0.15, 0.2) is 59.5 Å². The Bertz CT molecular complexity index is 844. The van der Waals surface area contributed by atoms with Gasteiger partial charge in [0.1, 0.15) is 0 Å². The Kier molecular flexibility index (Phi) is 2.78. The minimum absolute atomic E-state index is 0.165. The van der Waals surface area contributed by atoms with Crippen molar-refractivity contribution < 1.29 is 0 Å². The van der Waals surface area contributed by atoms with E-state index < -0.39 is 0 Å². The van der Waals surface area contributed by atoms with Gasteiger partial charge in [0, 0.05) is 12.1 Å². The maximum atomic E-state index is 11.3. The molecule has 1 atom stereocenters. The predicted octanol–water partition coefficient (Wildman–Crippen LogP) is 3.45. The summed E-state index contributed by atoms with van der Waals surface area (Å²) >= 11 is 0. The van der Waals surface area contributed by atoms with Crippen LogP contribution in [0.5, 0.6) is 0 Å². The summed E-state index contributed by atoms with van der Waals surface area (Å²) in [5.74, 6) is 0.465. The highest BCUT2D eigenvalue weighted by Gasteiger charge is 2.23. The summed E-state index contributed by atoms with van der Waals surface area (Å²) in [6, 6.07) is 17.2. The molecule has 0 spiro atoms. The van der Waals surface area contributed by atoms with Crippen LogP contribution in [0.3, 0.4) is 0 Å². The molecule has 0 radical (unpaired) electrons. The molecule has 0 amide bonds. The second-order valence-corrected chi connectivity index (χ2v) is 5.57. The van der Waals surface area contributed by atoms with Crippen molar-refractivity contribution in [3.63, 3.8) is 0 Å². The molecule has 104 valence electrons. The van der Waals surface area contributed by atoms with E-state index in [2.05, 4.69) is 52.4 Å². The topological polar surface area (TPSA) is 48.6 Å². The Morgan fingerprint density at radius 2 is 1.95 bits per heavy atom. The van der Waals surface area contributed by atoms with Crippen molar-refractivity contribution in [3.8, 4) is 11.3 Å². The predicted molar refractivity (Wildman–Crippen MR) is 83.5 cm³/mol. The lowest BCUT2D eigenvalue weighted by Gasteiger charge is -2.13. The quantitative estimate of drug-likeness (QED) is 0.740. The molecule has 1 aromatic heterocycles. The Morgan fingerprint density at radius 1 is 1.05 bits per heavy atom. The zero-order valence-corrected chi connectivity index (χ0v) is 11.6. The Balaban J connectivity index is 1.76. The average Bonchev–Trinajstić information content (AvgIpc) is 3.13. The van der Waals surface area contributed by atoms with Gasteiger partial charge in [-0.05, 0) is 41.2 Å². The normalized spacial score (nSPS) is 16.9. The molecule has 4 rings (SSSR count). The minimum Gasteiger partial charge on any atom is -0.312 e. The van der Waals surface area contributed by atoms with Crippen LogP contribution in [0.2, 0.25) is 0 Å². The monoisotopic (exact) mass is 276 g/mol. The third-order valence-corrected chi connectivity index (χ3v) is 4.33. The number of hydrogen-bond acceptors (Lipinski definition) is 1. The minimum atomic E-state index is -0.165. The van der Waals surface area contributed by atoms with Crippen LogP contribution in [0, 0.1) is 0 Å². The lowest BCUT2D eigenvalue weighted by atomic mass is 9.91. The number of aromatic nitrogens is 2. The number of hydrogen-bond donors (Lipinski definition) is 2. The van der Waals surface area contributed by atoms with E-state index in [0.29, 0.717) is 5.92 Å². The van der Waals surface area contributed by atoms with Crippen molar-refractivity contribution in [2.24, 2.45) is 0 Å². The van der Waals surface area contributed by atoms with Crippen molar-refractivity contribution in [2.75, 3.05) is 0 Å². The molecule has 3 aromatic rings. The smallest absolute Gasteiger partial charge is 0.312 e. The Labute approximate surface area is 122 Å². The molecule has 0 aliphatic heterocycles. The molecule has 21 heavy (non-hydrogen) atoms. The summed E-state index contributed by atoms with van der Waals surface area (Å²) < 4.78 is 0. The molecule has 1 unspecified atom stereocenters. The van der Waals surface area contributed by atoms with Gasteiger partial charge in [0.15, 0.2) is 0 Å². The fourth-order valence-electron chi connectivity index (χ4n) is 3.31. The molecule has 2 aromatic carbocycles. The molecular formula is C18H16N2O. The molecular weight excluding hydrogens is 260 g/mol. The van der Waals surface area contributed by atoms with Crippen molar-refractivity contribution >= 4 is 0 Å². The third kappa shape index (κ3) is 2.11. The summed E-state index contributed by atoms with van der Waals surface area (Å²) in [6.07, 6.45) is 4.03. The van der Waals surface area contributed by atoms with Gasteiger partial charge >= 0.3 is 5.69 Å². The van der Waals surface area contributed by atoms with Gasteiger partial charge in [0.2, 0.25) is 0 Å². The van der Waals surface area contributed by atoms with E-state index >= 15 is 0 Å². The Morgan fingerprint density at radius 3 is 2.81 bits per heavy atom. The van der Waals surface area contributed by atoms with Crippen molar-refractivity contribution in [3.05, 3.63) is 81.9 Å². The van der Waals surface area contributed by atoms with Crippen LogP contribution < -0.4 is 5.69 Å². The molecule has 3 heteroatoms. The summed E-state index contributed by atoms with van der Waals surface area (Å²) in [6.45, 7) is 0. The first kappa shape index (κ1) is 12.2. The fraction of sp³-hybridized carbons (Fsp3) is 0.167. The maximum Gasteiger partial charge on any atom is 0.323 e. The van der Waals surface area contributed by atoms with Crippen molar-refractivity contribution in [2.45, 2.75) is 18.8 Å². The van der Waals surface area contributed by atoms with Gasteiger partial charge in [-0.1, -0.05) is 42.5 Å². The maximum absolute atomic E-state index is 11.3. The first-order valence-corrected chi connectivity index (χ1v) is 7.27. The van der Waals surface area contributed by atoms with Gasteiger partial charge in [-0.25, -0.2) is 4.79 Å². The van der Waals surface area contributed by atoms with E-state index in [0.717, 1.165) is 24.1 Å². The van der Waals surface area contributed by atoms with Gasteiger partial charge in [-0.15, -0.1) is 0 Å². The van der Waals surface area contributed by atoms with Crippen molar-refractivity contribution in [1.82, 2.24) is 9.97 Å². The summed E-state index contributed by atoms with van der Waals surface area (Å²) in [4.78, 5) is 16.7. The zero-order valence-electron chi connectivity index (χ0n) is 11.6. The molecule has 0 saturated heterocycles. The molecule has 1 heterocycles. The van der Waals surface area contributed by atoms with E-state index in [-0.39, 0.29) is 5.69 Å². The van der Waals surface area contributed by atoms with Crippen LogP contribution in [-0.4, -0.2) is 9.97 Å². The number of H-pyrrole nitrogens is 2. The average molecular weight is 276 g/mol. The number of aryl methyl sites for hydroxylation is 1. The SMILES string of the molecule is O=c1[nH]cc(-c2cccc(C3CCc4ccccc43)c2)[nH]1. The van der Waals surface area contributed by atoms with Gasteiger partial charge < -0.3 is 9.97 Å². The molecule has 3 nitrogen and oxygen atoms in total. The highest BCUT2D eigenvalue weighted by Crippen LogP contribution is 2.38. The van der Waals surface area contributed by atoms with E-state index in [9.17, 15) is 4.79 Å². The number of nitrogens with one attached hydrogen (secondary N) is 2. The number of aromatic amines is 2. The first-order valence-electron chi connectivity index (χ1n) is 7.27. The van der Waals surface area contributed by atoms with E-state index in [4.69, 9.17) is 0 Å². The summed E-state index contributed by atoms with van der Waals surface area (Å²) in [5.41, 5.74) is 5.95. The molecule has 2 N–H and O–H groups in total. The second kappa shape index (κ2) is 4.77. The number of fused-ring (bicyclic) bond motifs is 1. The zero-order chi connectivity index (χ0) is 14.2. The number of imidazole rings is 1. The molecule has 0 saturated carbocycles. The van der Waals surface area contributed by atoms with Gasteiger partial charge in [0.05, 0.1) is 5.69 Å². The highest BCUT2D eigenvalue weighted by atomic mass is 16.1. The Hall–Kier alpha value is -2.55. The van der Waals surface area contributed by atoms with Crippen LogP contribution in [0.4, 0.5) is 0 Å². The third-order valence-electron chi connectivity index (χ3n) is 4.33. The fourth-order valence-corrected chi connectivity index (χ4v) is 3.31. The lowest BCUT2D eigenvalue weighted by molar-refractivity contribution is 0.788. The van der Waals surface area contributed by atoms with Crippen LogP contribution in [-0.2, 0) is 6.42 Å². The molecule has 1 aliphatic carbocycles. The summed E-state index contributed by atoms with van der Waals surface area (Å²) in [5, 5.41) is 0. The number of rotatable bonds is 2. The van der Waals surface area contributed by atoms with E-state index in [1.54, 1.807) is 6.20 Å². The molecule has 0 fully saturated rings. The van der Waals surface area contributed by atoms with E-state index in [1.165, 1.54) is 16.7 Å². The van der Waals surface area contributed by atoms with Crippen molar-refractivity contribution in [1.29, 1.82) is 0 Å². The lowest BCUT2D eigenvalue weighted by Crippen LogP contribution is -2.00. The van der Waals surface area contributed by atoms with Crippen LogP contribution in [0.25, 0.3) is 11.3 Å². The van der Waals surface area contributed by atoms with Crippen LogP contribution >= 0.6 is 0 Å². The van der Waals surface area contributed by atoms with Gasteiger partial charge in [0.25, 0.3) is 0 Å². The number of benzene rings is 2. The highest BCUT2D eigenvalue weighted by molar-refractivity contribution is 5.60. The molecule has 0 bridgehead atoms. The van der Waals surface area contributed by atoms with Gasteiger partial charge in [-0.2, -0.15) is 0 Å². The summed E-state index contributed by atoms with van der Waals surface area (Å²) in [7, 11) is 0. The van der Waals surface area contributed by atoms with Gasteiger partial charge in [-0.3, -0.25) is 0 Å².